The van der Waals surface area contributed by atoms with Crippen LogP contribution in [0.4, 0.5) is 4.39 Å². The Bertz CT molecular complexity index is 839. The number of nitrogens with zero attached hydrogens (tertiary/aromatic N) is 2. The van der Waals surface area contributed by atoms with E-state index in [-0.39, 0.29) is 10.5 Å². The van der Waals surface area contributed by atoms with Crippen molar-refractivity contribution in [2.45, 2.75) is 20.8 Å². The van der Waals surface area contributed by atoms with Crippen LogP contribution in [0, 0.1) is 26.6 Å². The van der Waals surface area contributed by atoms with E-state index < -0.39 is 5.82 Å². The van der Waals surface area contributed by atoms with Gasteiger partial charge in [-0.15, -0.1) is 0 Å². The van der Waals surface area contributed by atoms with E-state index in [1.165, 1.54) is 6.07 Å². The number of hydrogen-bond donors (Lipinski definition) is 0. The van der Waals surface area contributed by atoms with Crippen molar-refractivity contribution in [1.29, 1.82) is 0 Å². The van der Waals surface area contributed by atoms with Gasteiger partial charge in [0.2, 0.25) is 0 Å². The number of benzene rings is 2. The average Bonchev–Trinajstić information content (AvgIpc) is 2.41. The molecule has 3 rings (SSSR count). The van der Waals surface area contributed by atoms with Gasteiger partial charge in [-0.3, -0.25) is 0 Å². The molecule has 1 aromatic heterocycles. The molecule has 0 amide bonds. The molecule has 0 fully saturated rings. The van der Waals surface area contributed by atoms with Crippen LogP contribution in [-0.4, -0.2) is 9.97 Å². The second kappa shape index (κ2) is 5.08. The van der Waals surface area contributed by atoms with Gasteiger partial charge in [0.25, 0.3) is 0 Å². The van der Waals surface area contributed by atoms with Gasteiger partial charge in [-0.2, -0.15) is 0 Å². The molecule has 21 heavy (non-hydrogen) atoms. The summed E-state index contributed by atoms with van der Waals surface area (Å²) in [5.41, 5.74) is 4.58. The van der Waals surface area contributed by atoms with Crippen LogP contribution in [0.5, 0.6) is 0 Å². The summed E-state index contributed by atoms with van der Waals surface area (Å²) in [6.07, 6.45) is 0. The predicted octanol–water partition coefficient (Wildman–Crippen LogP) is 5.01. The lowest BCUT2D eigenvalue weighted by atomic mass is 10.1. The summed E-state index contributed by atoms with van der Waals surface area (Å²) < 4.78 is 13.9. The van der Waals surface area contributed by atoms with Crippen LogP contribution in [0.25, 0.3) is 22.3 Å². The first kappa shape index (κ1) is 14.0. The Kier molecular flexibility index (Phi) is 3.38. The molecule has 0 bridgehead atoms. The molecule has 0 N–H and O–H groups in total. The van der Waals surface area contributed by atoms with Gasteiger partial charge in [0, 0.05) is 5.56 Å². The molecule has 0 saturated carbocycles. The highest BCUT2D eigenvalue weighted by Crippen LogP contribution is 2.29. The SMILES string of the molecule is Cc1cc(C)cc(-c2nc(Cl)c3c(F)ccc(C)c3n2)c1. The molecule has 4 heteroatoms. The average molecular weight is 301 g/mol. The van der Waals surface area contributed by atoms with Crippen molar-refractivity contribution in [3.05, 3.63) is 58.0 Å². The van der Waals surface area contributed by atoms with E-state index in [0.717, 1.165) is 22.3 Å². The predicted molar refractivity (Wildman–Crippen MR) is 84.2 cm³/mol. The lowest BCUT2D eigenvalue weighted by Gasteiger charge is -2.09. The molecule has 0 atom stereocenters. The Morgan fingerprint density at radius 1 is 0.952 bits per heavy atom. The Morgan fingerprint density at radius 2 is 1.62 bits per heavy atom. The number of fused-ring (bicyclic) bond motifs is 1. The summed E-state index contributed by atoms with van der Waals surface area (Å²) in [5, 5.41) is 0.431. The van der Waals surface area contributed by atoms with Crippen molar-refractivity contribution in [3.8, 4) is 11.4 Å². The van der Waals surface area contributed by atoms with Crippen molar-refractivity contribution in [2.75, 3.05) is 0 Å². The number of halogens is 2. The first-order valence-electron chi connectivity index (χ1n) is 6.67. The minimum Gasteiger partial charge on any atom is -0.228 e. The molecule has 2 nitrogen and oxygen atoms in total. The van der Waals surface area contributed by atoms with Gasteiger partial charge in [0.1, 0.15) is 11.0 Å². The fourth-order valence-electron chi connectivity index (χ4n) is 2.52. The second-order valence-corrected chi connectivity index (χ2v) is 5.66. The second-order valence-electron chi connectivity index (χ2n) is 5.30. The lowest BCUT2D eigenvalue weighted by Crippen LogP contribution is -1.96. The lowest BCUT2D eigenvalue weighted by molar-refractivity contribution is 0.639. The van der Waals surface area contributed by atoms with Crippen LogP contribution in [0.3, 0.4) is 0 Å². The van der Waals surface area contributed by atoms with E-state index in [4.69, 9.17) is 11.6 Å². The van der Waals surface area contributed by atoms with Crippen molar-refractivity contribution >= 4 is 22.5 Å². The summed E-state index contributed by atoms with van der Waals surface area (Å²) in [6.45, 7) is 5.92. The monoisotopic (exact) mass is 300 g/mol. The zero-order valence-electron chi connectivity index (χ0n) is 12.0. The topological polar surface area (TPSA) is 25.8 Å². The highest BCUT2D eigenvalue weighted by atomic mass is 35.5. The van der Waals surface area contributed by atoms with Gasteiger partial charge in [-0.1, -0.05) is 34.9 Å². The summed E-state index contributed by atoms with van der Waals surface area (Å²) in [6, 6.07) is 9.17. The maximum atomic E-state index is 13.9. The van der Waals surface area contributed by atoms with Crippen LogP contribution < -0.4 is 0 Å². The van der Waals surface area contributed by atoms with Crippen LogP contribution >= 0.6 is 11.6 Å². The molecule has 0 spiro atoms. The minimum atomic E-state index is -0.396. The van der Waals surface area contributed by atoms with Crippen LogP contribution in [0.2, 0.25) is 5.15 Å². The van der Waals surface area contributed by atoms with Gasteiger partial charge in [-0.05, 0) is 44.5 Å². The molecule has 0 unspecified atom stereocenters. The zero-order valence-corrected chi connectivity index (χ0v) is 12.8. The van der Waals surface area contributed by atoms with Crippen molar-refractivity contribution in [2.24, 2.45) is 0 Å². The molecule has 0 saturated heterocycles. The first-order valence-corrected chi connectivity index (χ1v) is 7.04. The third-order valence-electron chi connectivity index (χ3n) is 3.44. The molecule has 2 aromatic carbocycles. The Hall–Kier alpha value is -2.00. The van der Waals surface area contributed by atoms with Crippen LogP contribution in [0.15, 0.2) is 30.3 Å². The third kappa shape index (κ3) is 2.49. The van der Waals surface area contributed by atoms with Gasteiger partial charge in [0.15, 0.2) is 5.82 Å². The van der Waals surface area contributed by atoms with Gasteiger partial charge < -0.3 is 0 Å². The molecule has 1 heterocycles. The quantitative estimate of drug-likeness (QED) is 0.590. The van der Waals surface area contributed by atoms with E-state index in [2.05, 4.69) is 16.0 Å². The highest BCUT2D eigenvalue weighted by Gasteiger charge is 2.13. The largest absolute Gasteiger partial charge is 0.228 e. The van der Waals surface area contributed by atoms with E-state index in [0.29, 0.717) is 11.3 Å². The molecular formula is C17H14ClFN2. The summed E-state index contributed by atoms with van der Waals surface area (Å²) in [4.78, 5) is 8.78. The molecule has 0 aliphatic rings. The summed E-state index contributed by atoms with van der Waals surface area (Å²) in [7, 11) is 0. The van der Waals surface area contributed by atoms with E-state index in [1.54, 1.807) is 6.07 Å². The highest BCUT2D eigenvalue weighted by molar-refractivity contribution is 6.34. The normalized spacial score (nSPS) is 11.1. The van der Waals surface area contributed by atoms with Crippen molar-refractivity contribution in [3.63, 3.8) is 0 Å². The Morgan fingerprint density at radius 3 is 2.29 bits per heavy atom. The smallest absolute Gasteiger partial charge is 0.161 e. The number of hydrogen-bond acceptors (Lipinski definition) is 2. The first-order chi connectivity index (χ1) is 9.95. The Balaban J connectivity index is 2.32. The number of aromatic nitrogens is 2. The van der Waals surface area contributed by atoms with Gasteiger partial charge in [-0.25, -0.2) is 14.4 Å². The van der Waals surface area contributed by atoms with Crippen molar-refractivity contribution < 1.29 is 4.39 Å². The number of aryl methyl sites for hydroxylation is 3. The van der Waals surface area contributed by atoms with E-state index in [1.807, 2.05) is 32.9 Å². The standard InChI is InChI=1S/C17H14ClFN2/c1-9-6-10(2)8-12(7-9)17-20-15-11(3)4-5-13(19)14(15)16(18)21-17/h4-8H,1-3H3. The van der Waals surface area contributed by atoms with Crippen LogP contribution in [0.1, 0.15) is 16.7 Å². The third-order valence-corrected chi connectivity index (χ3v) is 3.71. The van der Waals surface area contributed by atoms with Crippen LogP contribution in [-0.2, 0) is 0 Å². The van der Waals surface area contributed by atoms with Crippen molar-refractivity contribution in [1.82, 2.24) is 9.97 Å². The fourth-order valence-corrected chi connectivity index (χ4v) is 2.78. The zero-order chi connectivity index (χ0) is 15.1. The molecule has 0 aliphatic heterocycles. The molecule has 106 valence electrons. The fraction of sp³-hybridized carbons (Fsp3) is 0.176. The van der Waals surface area contributed by atoms with E-state index in [9.17, 15) is 4.39 Å². The summed E-state index contributed by atoms with van der Waals surface area (Å²) >= 11 is 6.18. The Labute approximate surface area is 127 Å². The summed E-state index contributed by atoms with van der Waals surface area (Å²) in [5.74, 6) is 0.126. The minimum absolute atomic E-state index is 0.148. The maximum Gasteiger partial charge on any atom is 0.161 e. The molecule has 0 aliphatic carbocycles. The molecular weight excluding hydrogens is 287 g/mol. The molecule has 3 aromatic rings. The van der Waals surface area contributed by atoms with Gasteiger partial charge in [0.05, 0.1) is 10.9 Å². The van der Waals surface area contributed by atoms with Gasteiger partial charge >= 0.3 is 0 Å². The number of rotatable bonds is 1. The maximum absolute atomic E-state index is 13.9. The molecule has 0 radical (unpaired) electrons. The van der Waals surface area contributed by atoms with E-state index >= 15 is 0 Å².